The molecule has 1 amide bonds. The van der Waals surface area contributed by atoms with Crippen molar-refractivity contribution in [3.63, 3.8) is 0 Å². The van der Waals surface area contributed by atoms with Crippen LogP contribution in [0.25, 0.3) is 10.9 Å². The molecule has 0 fully saturated rings. The summed E-state index contributed by atoms with van der Waals surface area (Å²) in [5, 5.41) is 13.0. The maximum atomic E-state index is 12.3. The number of fused-ring (bicyclic) bond motifs is 1. The minimum absolute atomic E-state index is 0.00384. The zero-order chi connectivity index (χ0) is 18.0. The van der Waals surface area contributed by atoms with Crippen LogP contribution in [0.5, 0.6) is 0 Å². The van der Waals surface area contributed by atoms with Crippen LogP contribution in [0.4, 0.5) is 0 Å². The molecule has 5 nitrogen and oxygen atoms in total. The van der Waals surface area contributed by atoms with Crippen molar-refractivity contribution in [1.29, 1.82) is 0 Å². The number of rotatable bonds is 7. The van der Waals surface area contributed by atoms with Crippen LogP contribution in [-0.2, 0) is 11.8 Å². The number of aryl methyl sites for hydroxylation is 1. The van der Waals surface area contributed by atoms with Crippen LogP contribution in [0.1, 0.15) is 44.2 Å². The maximum absolute atomic E-state index is 12.3. The Morgan fingerprint density at radius 3 is 2.88 bits per heavy atom. The van der Waals surface area contributed by atoms with Gasteiger partial charge in [0.25, 0.3) is 0 Å². The number of hydrogen-bond donors (Lipinski definition) is 1. The summed E-state index contributed by atoms with van der Waals surface area (Å²) in [6.07, 6.45) is 9.66. The fourth-order valence-corrected chi connectivity index (χ4v) is 3.27. The number of carbonyl (C=O) groups is 1. The van der Waals surface area contributed by atoms with Crippen LogP contribution >= 0.6 is 11.6 Å². The molecule has 2 aromatic rings. The van der Waals surface area contributed by atoms with E-state index < -0.39 is 5.66 Å². The van der Waals surface area contributed by atoms with Crippen LogP contribution in [0.15, 0.2) is 34.6 Å². The van der Waals surface area contributed by atoms with E-state index in [1.165, 1.54) is 0 Å². The van der Waals surface area contributed by atoms with Gasteiger partial charge in [0, 0.05) is 54.9 Å². The highest BCUT2D eigenvalue weighted by Crippen LogP contribution is 2.37. The first-order valence-electron chi connectivity index (χ1n) is 8.35. The van der Waals surface area contributed by atoms with Gasteiger partial charge in [0.05, 0.1) is 6.04 Å². The molecular formula is C19H21ClN4O. The van der Waals surface area contributed by atoms with Crippen molar-refractivity contribution in [2.45, 2.75) is 44.3 Å². The Balaban J connectivity index is 1.62. The second-order valence-corrected chi connectivity index (χ2v) is 6.97. The Hall–Kier alpha value is -2.32. The molecule has 1 N–H and O–H groups in total. The molecule has 0 aliphatic carbocycles. The number of amides is 1. The van der Waals surface area contributed by atoms with E-state index in [1.807, 2.05) is 42.9 Å². The van der Waals surface area contributed by atoms with Crippen molar-refractivity contribution in [3.05, 3.63) is 35.0 Å². The molecule has 1 unspecified atom stereocenters. The second kappa shape index (κ2) is 6.89. The summed E-state index contributed by atoms with van der Waals surface area (Å²) in [7, 11) is 1.97. The van der Waals surface area contributed by atoms with E-state index in [4.69, 9.17) is 18.0 Å². The molecule has 0 spiro atoms. The van der Waals surface area contributed by atoms with Crippen LogP contribution in [0, 0.1) is 12.3 Å². The number of terminal acetylenes is 1. The largest absolute Gasteiger partial charge is 0.350 e. The van der Waals surface area contributed by atoms with Gasteiger partial charge in [-0.25, -0.2) is 0 Å². The highest BCUT2D eigenvalue weighted by molar-refractivity contribution is 6.31. The molecule has 3 rings (SSSR count). The van der Waals surface area contributed by atoms with Crippen LogP contribution in [0.2, 0.25) is 5.02 Å². The normalized spacial score (nSPS) is 15.8. The fraction of sp³-hybridized carbons (Fsp3) is 0.421. The molecule has 130 valence electrons. The lowest BCUT2D eigenvalue weighted by molar-refractivity contribution is -0.122. The van der Waals surface area contributed by atoms with Crippen molar-refractivity contribution in [1.82, 2.24) is 9.88 Å². The first-order valence-corrected chi connectivity index (χ1v) is 8.73. The summed E-state index contributed by atoms with van der Waals surface area (Å²) in [4.78, 5) is 12.3. The lowest BCUT2D eigenvalue weighted by Crippen LogP contribution is -2.27. The maximum Gasteiger partial charge on any atom is 0.220 e. The van der Waals surface area contributed by atoms with Crippen LogP contribution in [0.3, 0.4) is 0 Å². The molecule has 1 atom stereocenters. The summed E-state index contributed by atoms with van der Waals surface area (Å²) >= 11 is 6.08. The highest BCUT2D eigenvalue weighted by atomic mass is 35.5. The van der Waals surface area contributed by atoms with Crippen molar-refractivity contribution in [3.8, 4) is 12.3 Å². The number of nitrogens with one attached hydrogen (secondary N) is 1. The van der Waals surface area contributed by atoms with E-state index in [-0.39, 0.29) is 11.9 Å². The molecule has 0 saturated carbocycles. The molecular weight excluding hydrogens is 336 g/mol. The van der Waals surface area contributed by atoms with Gasteiger partial charge in [0.2, 0.25) is 5.91 Å². The van der Waals surface area contributed by atoms with Crippen molar-refractivity contribution < 1.29 is 4.79 Å². The molecule has 0 saturated heterocycles. The highest BCUT2D eigenvalue weighted by Gasteiger charge is 2.39. The van der Waals surface area contributed by atoms with E-state index in [1.54, 1.807) is 0 Å². The van der Waals surface area contributed by atoms with E-state index in [0.717, 1.165) is 22.9 Å². The van der Waals surface area contributed by atoms with Gasteiger partial charge in [0.15, 0.2) is 5.66 Å². The minimum atomic E-state index is -0.414. The predicted octanol–water partition coefficient (Wildman–Crippen LogP) is 4.36. The zero-order valence-corrected chi connectivity index (χ0v) is 15.2. The number of hydrogen-bond acceptors (Lipinski definition) is 3. The Morgan fingerprint density at radius 1 is 1.44 bits per heavy atom. The van der Waals surface area contributed by atoms with Crippen molar-refractivity contribution >= 4 is 28.4 Å². The molecule has 1 aromatic carbocycles. The number of carbonyl (C=O) groups excluding carboxylic acids is 1. The summed E-state index contributed by atoms with van der Waals surface area (Å²) in [6.45, 7) is 1.99. The van der Waals surface area contributed by atoms with E-state index >= 15 is 0 Å². The average Bonchev–Trinajstić information content (AvgIpc) is 3.29. The number of halogens is 1. The van der Waals surface area contributed by atoms with Gasteiger partial charge in [0.1, 0.15) is 0 Å². The Labute approximate surface area is 152 Å². The molecule has 0 radical (unpaired) electrons. The molecule has 1 aliphatic rings. The lowest BCUT2D eigenvalue weighted by Gasteiger charge is -2.14. The predicted molar refractivity (Wildman–Crippen MR) is 99.4 cm³/mol. The molecule has 1 aliphatic heterocycles. The standard InChI is InChI=1S/C19H21ClN4O/c1-4-5-9-19(22-23-19)10-8-18(25)21-13(2)16-12-24(3)17-11-14(20)6-7-15(16)17/h1,6-7,11-13H,5,8-10H2,2-3H3,(H,21,25). The third-order valence-electron chi connectivity index (χ3n) is 4.63. The first kappa shape index (κ1) is 17.5. The first-order chi connectivity index (χ1) is 11.9. The Bertz CT molecular complexity index is 871. The quantitative estimate of drug-likeness (QED) is 0.736. The SMILES string of the molecule is C#CCCC1(CCC(=O)NC(C)c2cn(C)c3cc(Cl)ccc23)N=N1. The van der Waals surface area contributed by atoms with Crippen molar-refractivity contribution in [2.24, 2.45) is 17.3 Å². The summed E-state index contributed by atoms with van der Waals surface area (Å²) in [6, 6.07) is 5.70. The third-order valence-corrected chi connectivity index (χ3v) is 4.87. The molecule has 1 aromatic heterocycles. The molecule has 0 bridgehead atoms. The Kier molecular flexibility index (Phi) is 4.82. The van der Waals surface area contributed by atoms with E-state index in [2.05, 4.69) is 21.5 Å². The minimum Gasteiger partial charge on any atom is -0.350 e. The summed E-state index contributed by atoms with van der Waals surface area (Å²) in [5.41, 5.74) is 1.71. The summed E-state index contributed by atoms with van der Waals surface area (Å²) < 4.78 is 2.02. The van der Waals surface area contributed by atoms with E-state index in [0.29, 0.717) is 24.3 Å². The molecule has 2 heterocycles. The van der Waals surface area contributed by atoms with Gasteiger partial charge in [-0.1, -0.05) is 17.7 Å². The number of benzene rings is 1. The van der Waals surface area contributed by atoms with Gasteiger partial charge in [-0.05, 0) is 24.6 Å². The van der Waals surface area contributed by atoms with Crippen LogP contribution in [-0.4, -0.2) is 16.1 Å². The van der Waals surface area contributed by atoms with Gasteiger partial charge in [-0.3, -0.25) is 4.79 Å². The van der Waals surface area contributed by atoms with Gasteiger partial charge in [-0.15, -0.1) is 12.3 Å². The molecule has 25 heavy (non-hydrogen) atoms. The van der Waals surface area contributed by atoms with Gasteiger partial charge < -0.3 is 9.88 Å². The number of nitrogens with zero attached hydrogens (tertiary/aromatic N) is 3. The summed E-state index contributed by atoms with van der Waals surface area (Å²) in [5.74, 6) is 2.59. The third kappa shape index (κ3) is 3.85. The molecule has 6 heteroatoms. The van der Waals surface area contributed by atoms with Crippen molar-refractivity contribution in [2.75, 3.05) is 0 Å². The van der Waals surface area contributed by atoms with Gasteiger partial charge in [-0.2, -0.15) is 10.2 Å². The topological polar surface area (TPSA) is 58.8 Å². The Morgan fingerprint density at radius 2 is 2.20 bits per heavy atom. The zero-order valence-electron chi connectivity index (χ0n) is 14.4. The smallest absolute Gasteiger partial charge is 0.220 e. The lowest BCUT2D eigenvalue weighted by atomic mass is 10.0. The number of aromatic nitrogens is 1. The second-order valence-electron chi connectivity index (χ2n) is 6.53. The van der Waals surface area contributed by atoms with Gasteiger partial charge >= 0.3 is 0 Å². The average molecular weight is 357 g/mol. The monoisotopic (exact) mass is 356 g/mol. The fourth-order valence-electron chi connectivity index (χ4n) is 3.11. The van der Waals surface area contributed by atoms with E-state index in [9.17, 15) is 4.79 Å². The van der Waals surface area contributed by atoms with Crippen LogP contribution < -0.4 is 5.32 Å².